The minimum Gasteiger partial charge on any atom is -0.506 e. The Bertz CT molecular complexity index is 299. The van der Waals surface area contributed by atoms with E-state index in [0.29, 0.717) is 5.75 Å². The molecule has 0 fully saturated rings. The SMILES string of the molecule is CNCCc1ccc(C)c(Br)c1O. The summed E-state index contributed by atoms with van der Waals surface area (Å²) < 4.78 is 0.807. The molecular weight excluding hydrogens is 230 g/mol. The smallest absolute Gasteiger partial charge is 0.133 e. The topological polar surface area (TPSA) is 32.3 Å². The molecule has 0 aromatic heterocycles. The summed E-state index contributed by atoms with van der Waals surface area (Å²) in [6.45, 7) is 2.84. The zero-order valence-corrected chi connectivity index (χ0v) is 9.48. The van der Waals surface area contributed by atoms with Crippen LogP contribution in [0.3, 0.4) is 0 Å². The molecule has 0 radical (unpaired) electrons. The van der Waals surface area contributed by atoms with Crippen LogP contribution in [-0.2, 0) is 6.42 Å². The molecule has 0 saturated heterocycles. The van der Waals surface area contributed by atoms with Gasteiger partial charge in [-0.3, -0.25) is 0 Å². The lowest BCUT2D eigenvalue weighted by Gasteiger charge is -2.07. The van der Waals surface area contributed by atoms with Crippen molar-refractivity contribution in [3.8, 4) is 5.75 Å². The first kappa shape index (κ1) is 10.5. The Morgan fingerprint density at radius 3 is 2.77 bits per heavy atom. The van der Waals surface area contributed by atoms with Crippen LogP contribution in [0.1, 0.15) is 11.1 Å². The quantitative estimate of drug-likeness (QED) is 0.854. The number of aromatic hydroxyl groups is 1. The van der Waals surface area contributed by atoms with Crippen molar-refractivity contribution >= 4 is 15.9 Å². The molecule has 1 aromatic rings. The largest absolute Gasteiger partial charge is 0.506 e. The fourth-order valence-corrected chi connectivity index (χ4v) is 1.55. The maximum absolute atomic E-state index is 9.73. The lowest BCUT2D eigenvalue weighted by atomic mass is 10.1. The van der Waals surface area contributed by atoms with Gasteiger partial charge in [0.05, 0.1) is 4.47 Å². The fourth-order valence-electron chi connectivity index (χ4n) is 1.17. The molecule has 0 bridgehead atoms. The first-order valence-electron chi connectivity index (χ1n) is 4.28. The van der Waals surface area contributed by atoms with E-state index in [9.17, 15) is 5.11 Å². The molecule has 0 amide bonds. The van der Waals surface area contributed by atoms with Crippen molar-refractivity contribution in [1.82, 2.24) is 5.32 Å². The number of nitrogens with one attached hydrogen (secondary N) is 1. The minimum atomic E-state index is 0.371. The number of benzene rings is 1. The van der Waals surface area contributed by atoms with E-state index in [-0.39, 0.29) is 0 Å². The summed E-state index contributed by atoms with van der Waals surface area (Å²) in [6, 6.07) is 3.97. The number of hydrogen-bond donors (Lipinski definition) is 2. The summed E-state index contributed by atoms with van der Waals surface area (Å²) in [5.74, 6) is 0.371. The molecule has 0 unspecified atom stereocenters. The third-order valence-electron chi connectivity index (χ3n) is 2.04. The third-order valence-corrected chi connectivity index (χ3v) is 3.04. The molecule has 1 rings (SSSR count). The molecule has 72 valence electrons. The average molecular weight is 244 g/mol. The molecule has 1 aromatic carbocycles. The summed E-state index contributed by atoms with van der Waals surface area (Å²) >= 11 is 3.35. The van der Waals surface area contributed by atoms with E-state index in [1.165, 1.54) is 0 Å². The number of phenols is 1. The molecule has 0 aliphatic rings. The molecule has 2 N–H and O–H groups in total. The molecular formula is C10H14BrNO. The molecule has 3 heteroatoms. The number of hydrogen-bond acceptors (Lipinski definition) is 2. The van der Waals surface area contributed by atoms with Crippen LogP contribution in [0.25, 0.3) is 0 Å². The lowest BCUT2D eigenvalue weighted by molar-refractivity contribution is 0.463. The van der Waals surface area contributed by atoms with Crippen molar-refractivity contribution in [3.05, 3.63) is 27.7 Å². The van der Waals surface area contributed by atoms with E-state index in [1.54, 1.807) is 0 Å². The second kappa shape index (κ2) is 4.63. The Balaban J connectivity index is 2.90. The first-order chi connectivity index (χ1) is 6.16. The second-order valence-electron chi connectivity index (χ2n) is 3.06. The summed E-state index contributed by atoms with van der Waals surface area (Å²) in [4.78, 5) is 0. The van der Waals surface area contributed by atoms with E-state index in [0.717, 1.165) is 28.6 Å². The van der Waals surface area contributed by atoms with Gasteiger partial charge < -0.3 is 10.4 Å². The first-order valence-corrected chi connectivity index (χ1v) is 5.07. The molecule has 0 atom stereocenters. The molecule has 0 spiro atoms. The number of likely N-dealkylation sites (N-methyl/N-ethyl adjacent to an activating group) is 1. The summed E-state index contributed by atoms with van der Waals surface area (Å²) in [6.07, 6.45) is 0.848. The highest BCUT2D eigenvalue weighted by Gasteiger charge is 2.06. The van der Waals surface area contributed by atoms with Gasteiger partial charge >= 0.3 is 0 Å². The third kappa shape index (κ3) is 2.45. The van der Waals surface area contributed by atoms with Gasteiger partial charge in [0, 0.05) is 0 Å². The van der Waals surface area contributed by atoms with Gasteiger partial charge in [0.1, 0.15) is 5.75 Å². The number of aryl methyl sites for hydroxylation is 1. The number of phenolic OH excluding ortho intramolecular Hbond substituents is 1. The Labute approximate surface area is 87.1 Å². The van der Waals surface area contributed by atoms with Crippen molar-refractivity contribution < 1.29 is 5.11 Å². The van der Waals surface area contributed by atoms with E-state index in [2.05, 4.69) is 21.2 Å². The zero-order chi connectivity index (χ0) is 9.84. The highest BCUT2D eigenvalue weighted by Crippen LogP contribution is 2.30. The van der Waals surface area contributed by atoms with Crippen LogP contribution in [0, 0.1) is 6.92 Å². The Morgan fingerprint density at radius 2 is 2.15 bits per heavy atom. The molecule has 0 aliphatic carbocycles. The van der Waals surface area contributed by atoms with Crippen LogP contribution in [0.5, 0.6) is 5.75 Å². The lowest BCUT2D eigenvalue weighted by Crippen LogP contribution is -2.10. The summed E-state index contributed by atoms with van der Waals surface area (Å²) in [7, 11) is 1.90. The van der Waals surface area contributed by atoms with Gasteiger partial charge in [-0.2, -0.15) is 0 Å². The van der Waals surface area contributed by atoms with Gasteiger partial charge in [-0.25, -0.2) is 0 Å². The predicted octanol–water partition coefficient (Wildman–Crippen LogP) is 2.23. The Hall–Kier alpha value is -0.540. The molecule has 2 nitrogen and oxygen atoms in total. The fraction of sp³-hybridized carbons (Fsp3) is 0.400. The normalized spacial score (nSPS) is 10.4. The zero-order valence-electron chi connectivity index (χ0n) is 7.89. The van der Waals surface area contributed by atoms with Gasteiger partial charge in [0.15, 0.2) is 0 Å². The van der Waals surface area contributed by atoms with Crippen molar-refractivity contribution in [3.63, 3.8) is 0 Å². The standard InChI is InChI=1S/C10H14BrNO/c1-7-3-4-8(5-6-12-2)10(13)9(7)11/h3-4,12-13H,5-6H2,1-2H3. The van der Waals surface area contributed by atoms with Crippen LogP contribution in [-0.4, -0.2) is 18.7 Å². The summed E-state index contributed by atoms with van der Waals surface area (Å²) in [5, 5.41) is 12.8. The van der Waals surface area contributed by atoms with Crippen LogP contribution in [0.15, 0.2) is 16.6 Å². The Morgan fingerprint density at radius 1 is 1.46 bits per heavy atom. The van der Waals surface area contributed by atoms with Gasteiger partial charge in [0.2, 0.25) is 0 Å². The molecule has 0 saturated carbocycles. The van der Waals surface area contributed by atoms with E-state index in [4.69, 9.17) is 0 Å². The monoisotopic (exact) mass is 243 g/mol. The highest BCUT2D eigenvalue weighted by atomic mass is 79.9. The van der Waals surface area contributed by atoms with Crippen molar-refractivity contribution in [2.45, 2.75) is 13.3 Å². The van der Waals surface area contributed by atoms with Crippen LogP contribution >= 0.6 is 15.9 Å². The van der Waals surface area contributed by atoms with Crippen molar-refractivity contribution in [2.75, 3.05) is 13.6 Å². The van der Waals surface area contributed by atoms with Gasteiger partial charge in [-0.15, -0.1) is 0 Å². The minimum absolute atomic E-state index is 0.371. The second-order valence-corrected chi connectivity index (χ2v) is 3.85. The van der Waals surface area contributed by atoms with Crippen LogP contribution < -0.4 is 5.32 Å². The average Bonchev–Trinajstić information content (AvgIpc) is 2.13. The van der Waals surface area contributed by atoms with Gasteiger partial charge in [-0.1, -0.05) is 12.1 Å². The molecule has 13 heavy (non-hydrogen) atoms. The number of halogens is 1. The number of rotatable bonds is 3. The molecule has 0 heterocycles. The Kier molecular flexibility index (Phi) is 3.75. The van der Waals surface area contributed by atoms with Gasteiger partial charge in [-0.05, 0) is 54.0 Å². The van der Waals surface area contributed by atoms with Crippen LogP contribution in [0.4, 0.5) is 0 Å². The highest BCUT2D eigenvalue weighted by molar-refractivity contribution is 9.10. The van der Waals surface area contributed by atoms with Crippen LogP contribution in [0.2, 0.25) is 0 Å². The van der Waals surface area contributed by atoms with Crippen molar-refractivity contribution in [2.24, 2.45) is 0 Å². The van der Waals surface area contributed by atoms with E-state index >= 15 is 0 Å². The van der Waals surface area contributed by atoms with E-state index in [1.807, 2.05) is 26.1 Å². The maximum Gasteiger partial charge on any atom is 0.133 e. The molecule has 0 aliphatic heterocycles. The summed E-state index contributed by atoms with van der Waals surface area (Å²) in [5.41, 5.74) is 2.04. The maximum atomic E-state index is 9.73. The van der Waals surface area contributed by atoms with Gasteiger partial charge in [0.25, 0.3) is 0 Å². The van der Waals surface area contributed by atoms with Crippen molar-refractivity contribution in [1.29, 1.82) is 0 Å². The predicted molar refractivity (Wildman–Crippen MR) is 58.2 cm³/mol. The van der Waals surface area contributed by atoms with E-state index < -0.39 is 0 Å².